The number of carbonyl (C=O) groups is 2. The molecule has 0 aliphatic carbocycles. The molecule has 2 aromatic carbocycles. The molecule has 1 aliphatic rings. The zero-order valence-corrected chi connectivity index (χ0v) is 18.6. The van der Waals surface area contributed by atoms with E-state index in [1.165, 1.54) is 4.57 Å². The predicted molar refractivity (Wildman–Crippen MR) is 124 cm³/mol. The number of aryl methyl sites for hydroxylation is 1. The molecule has 3 aromatic rings. The Morgan fingerprint density at radius 1 is 1.03 bits per heavy atom. The lowest BCUT2D eigenvalue weighted by molar-refractivity contribution is -0.135. The van der Waals surface area contributed by atoms with Crippen molar-refractivity contribution >= 4 is 22.7 Å². The van der Waals surface area contributed by atoms with Crippen molar-refractivity contribution in [3.05, 3.63) is 86.8 Å². The Morgan fingerprint density at radius 3 is 2.24 bits per heavy atom. The SMILES string of the molecule is Cc1ccc(-c2ccc(Cn3c4c(c(O)c(C(=O)NCC(=O)O)c3=O)CS(=O)C4)cc2)cc1. The van der Waals surface area contributed by atoms with Gasteiger partial charge in [-0.2, -0.15) is 0 Å². The highest BCUT2D eigenvalue weighted by molar-refractivity contribution is 7.83. The molecule has 1 aliphatic heterocycles. The van der Waals surface area contributed by atoms with Crippen LogP contribution in [0, 0.1) is 6.92 Å². The van der Waals surface area contributed by atoms with Gasteiger partial charge in [0.2, 0.25) is 0 Å². The molecule has 0 saturated heterocycles. The van der Waals surface area contributed by atoms with Gasteiger partial charge in [-0.1, -0.05) is 54.1 Å². The van der Waals surface area contributed by atoms with Crippen molar-refractivity contribution < 1.29 is 24.0 Å². The number of fused-ring (bicyclic) bond motifs is 1. The molecule has 0 radical (unpaired) electrons. The molecular weight excluding hydrogens is 444 g/mol. The number of benzene rings is 2. The third-order valence-electron chi connectivity index (χ3n) is 5.57. The van der Waals surface area contributed by atoms with Gasteiger partial charge in [0.1, 0.15) is 17.9 Å². The number of carbonyl (C=O) groups excluding carboxylic acids is 1. The number of aliphatic carboxylic acids is 1. The van der Waals surface area contributed by atoms with Crippen molar-refractivity contribution in [2.24, 2.45) is 0 Å². The minimum Gasteiger partial charge on any atom is -0.507 e. The number of hydrogen-bond acceptors (Lipinski definition) is 5. The van der Waals surface area contributed by atoms with Crippen LogP contribution in [0.5, 0.6) is 5.75 Å². The number of carboxylic acids is 1. The van der Waals surface area contributed by atoms with Gasteiger partial charge in [0.05, 0.1) is 18.1 Å². The minimum absolute atomic E-state index is 0.0209. The molecule has 0 saturated carbocycles. The third kappa shape index (κ3) is 4.58. The van der Waals surface area contributed by atoms with Crippen molar-refractivity contribution in [1.29, 1.82) is 0 Å². The summed E-state index contributed by atoms with van der Waals surface area (Å²) in [5.74, 6) is -2.68. The van der Waals surface area contributed by atoms with Crippen LogP contribution >= 0.6 is 0 Å². The van der Waals surface area contributed by atoms with Crippen LogP contribution in [0.25, 0.3) is 11.1 Å². The molecule has 1 aromatic heterocycles. The lowest BCUT2D eigenvalue weighted by Gasteiger charge is -2.16. The number of pyridine rings is 1. The molecular formula is C24H22N2O6S. The number of rotatable bonds is 6. The lowest BCUT2D eigenvalue weighted by atomic mass is 10.0. The van der Waals surface area contributed by atoms with Gasteiger partial charge < -0.3 is 20.1 Å². The highest BCUT2D eigenvalue weighted by atomic mass is 32.2. The van der Waals surface area contributed by atoms with E-state index in [0.29, 0.717) is 5.69 Å². The van der Waals surface area contributed by atoms with Crippen molar-refractivity contribution in [3.8, 4) is 16.9 Å². The Labute approximate surface area is 192 Å². The standard InChI is InChI=1S/C24H22N2O6S/c1-14-2-6-16(7-3-14)17-8-4-15(5-9-17)11-26-19-13-33(32)12-18(19)22(29)21(24(26)31)23(30)25-10-20(27)28/h2-9,29H,10-13H2,1H3,(H,25,30)(H,27,28). The molecule has 9 heteroatoms. The molecule has 8 nitrogen and oxygen atoms in total. The number of carboxylic acid groups (broad SMARTS) is 1. The van der Waals surface area contributed by atoms with Crippen molar-refractivity contribution in [2.45, 2.75) is 25.0 Å². The van der Waals surface area contributed by atoms with Gasteiger partial charge in [-0.25, -0.2) is 0 Å². The summed E-state index contributed by atoms with van der Waals surface area (Å²) in [7, 11) is -1.31. The molecule has 1 amide bonds. The fraction of sp³-hybridized carbons (Fsp3) is 0.208. The second-order valence-electron chi connectivity index (χ2n) is 7.91. The van der Waals surface area contributed by atoms with Crippen LogP contribution in [0.4, 0.5) is 0 Å². The smallest absolute Gasteiger partial charge is 0.322 e. The van der Waals surface area contributed by atoms with Crippen molar-refractivity contribution in [1.82, 2.24) is 9.88 Å². The third-order valence-corrected chi connectivity index (χ3v) is 6.77. The first kappa shape index (κ1) is 22.5. The van der Waals surface area contributed by atoms with Gasteiger partial charge in [0.15, 0.2) is 0 Å². The van der Waals surface area contributed by atoms with Gasteiger partial charge >= 0.3 is 5.97 Å². The van der Waals surface area contributed by atoms with Gasteiger partial charge in [0.25, 0.3) is 11.5 Å². The summed E-state index contributed by atoms with van der Waals surface area (Å²) in [6.45, 7) is 1.44. The van der Waals surface area contributed by atoms with Crippen LogP contribution in [0.2, 0.25) is 0 Å². The van der Waals surface area contributed by atoms with Gasteiger partial charge in [0, 0.05) is 22.1 Å². The zero-order chi connectivity index (χ0) is 23.7. The van der Waals surface area contributed by atoms with E-state index < -0.39 is 46.1 Å². The Bertz CT molecular complexity index is 1330. The predicted octanol–water partition coefficient (Wildman–Crippen LogP) is 2.15. The van der Waals surface area contributed by atoms with Crippen LogP contribution < -0.4 is 10.9 Å². The van der Waals surface area contributed by atoms with Crippen molar-refractivity contribution in [2.75, 3.05) is 6.54 Å². The quantitative estimate of drug-likeness (QED) is 0.511. The number of amides is 1. The minimum atomic E-state index is -1.31. The van der Waals surface area contributed by atoms with Crippen LogP contribution in [0.3, 0.4) is 0 Å². The maximum Gasteiger partial charge on any atom is 0.322 e. The van der Waals surface area contributed by atoms with E-state index in [2.05, 4.69) is 5.32 Å². The molecule has 1 atom stereocenters. The first-order chi connectivity index (χ1) is 15.7. The van der Waals surface area contributed by atoms with E-state index in [1.807, 2.05) is 55.5 Å². The number of aromatic nitrogens is 1. The summed E-state index contributed by atoms with van der Waals surface area (Å²) in [5.41, 5.74) is 3.44. The van der Waals surface area contributed by atoms with Crippen molar-refractivity contribution in [3.63, 3.8) is 0 Å². The lowest BCUT2D eigenvalue weighted by Crippen LogP contribution is -2.37. The van der Waals surface area contributed by atoms with E-state index >= 15 is 0 Å². The summed E-state index contributed by atoms with van der Waals surface area (Å²) in [6.07, 6.45) is 0. The second-order valence-corrected chi connectivity index (χ2v) is 9.37. The Hall–Kier alpha value is -3.72. The maximum atomic E-state index is 13.2. The van der Waals surface area contributed by atoms with Gasteiger partial charge in [-0.15, -0.1) is 0 Å². The van der Waals surface area contributed by atoms with Crippen LogP contribution in [-0.4, -0.2) is 37.4 Å². The highest BCUT2D eigenvalue weighted by Gasteiger charge is 2.31. The molecule has 1 unspecified atom stereocenters. The first-order valence-electron chi connectivity index (χ1n) is 10.2. The zero-order valence-electron chi connectivity index (χ0n) is 17.8. The first-order valence-corrected chi connectivity index (χ1v) is 11.7. The molecule has 0 fully saturated rings. The fourth-order valence-electron chi connectivity index (χ4n) is 3.84. The summed E-state index contributed by atoms with van der Waals surface area (Å²) >= 11 is 0. The summed E-state index contributed by atoms with van der Waals surface area (Å²) < 4.78 is 13.5. The molecule has 4 rings (SSSR count). The number of hydrogen-bond donors (Lipinski definition) is 3. The highest BCUT2D eigenvalue weighted by Crippen LogP contribution is 2.32. The molecule has 170 valence electrons. The van der Waals surface area contributed by atoms with Crippen LogP contribution in [0.1, 0.15) is 32.7 Å². The monoisotopic (exact) mass is 466 g/mol. The normalized spacial score (nSPS) is 14.6. The van der Waals surface area contributed by atoms with E-state index in [4.69, 9.17) is 5.11 Å². The Balaban J connectivity index is 1.71. The average molecular weight is 467 g/mol. The van der Waals surface area contributed by atoms with E-state index in [0.717, 1.165) is 22.3 Å². The number of aromatic hydroxyl groups is 1. The fourth-order valence-corrected chi connectivity index (χ4v) is 5.20. The van der Waals surface area contributed by atoms with Gasteiger partial charge in [-0.05, 0) is 23.6 Å². The molecule has 0 spiro atoms. The maximum absolute atomic E-state index is 13.2. The molecule has 33 heavy (non-hydrogen) atoms. The molecule has 0 bridgehead atoms. The molecule has 2 heterocycles. The van der Waals surface area contributed by atoms with E-state index in [9.17, 15) is 23.7 Å². The van der Waals surface area contributed by atoms with E-state index in [1.54, 1.807) is 0 Å². The Kier molecular flexibility index (Phi) is 6.15. The summed E-state index contributed by atoms with van der Waals surface area (Å²) in [4.78, 5) is 36.4. The summed E-state index contributed by atoms with van der Waals surface area (Å²) in [6, 6.07) is 15.7. The number of nitrogens with one attached hydrogen (secondary N) is 1. The van der Waals surface area contributed by atoms with Crippen LogP contribution in [0.15, 0.2) is 53.3 Å². The second kappa shape index (κ2) is 9.03. The summed E-state index contributed by atoms with van der Waals surface area (Å²) in [5, 5.41) is 21.5. The largest absolute Gasteiger partial charge is 0.507 e. The average Bonchev–Trinajstić information content (AvgIpc) is 3.18. The Morgan fingerprint density at radius 2 is 1.64 bits per heavy atom. The van der Waals surface area contributed by atoms with Crippen LogP contribution in [-0.2, 0) is 33.6 Å². The topological polar surface area (TPSA) is 126 Å². The number of nitrogens with zero attached hydrogens (tertiary/aromatic N) is 1. The van der Waals surface area contributed by atoms with E-state index in [-0.39, 0.29) is 23.6 Å². The van der Waals surface area contributed by atoms with Gasteiger partial charge in [-0.3, -0.25) is 18.6 Å². The molecule has 3 N–H and O–H groups in total.